The molecule has 0 aliphatic heterocycles. The second kappa shape index (κ2) is 72.2. The van der Waals surface area contributed by atoms with E-state index >= 15 is 0 Å². The fourth-order valence-electron chi connectivity index (χ4n) is 6.35. The number of amides is 5. The summed E-state index contributed by atoms with van der Waals surface area (Å²) in [6, 6.07) is 0. The second-order valence-electron chi connectivity index (χ2n) is 26.8. The summed E-state index contributed by atoms with van der Waals surface area (Å²) in [7, 11) is 0. The molecule has 0 aliphatic carbocycles. The number of aliphatic hydroxyl groups is 2. The smallest absolute Gasteiger partial charge is 0.519 e. The molecule has 0 rings (SSSR count). The number of quaternary nitrogens is 3. The molecule has 0 aromatic rings. The number of hydrogen-bond acceptors (Lipinski definition) is 33. The molecule has 0 bridgehead atoms. The Hall–Kier alpha value is -8.32. The molecule has 0 radical (unpaired) electrons. The van der Waals surface area contributed by atoms with Crippen molar-refractivity contribution in [3.8, 4) is 0 Å². The summed E-state index contributed by atoms with van der Waals surface area (Å²) in [5, 5.41) is 55.2. The lowest BCUT2D eigenvalue weighted by Gasteiger charge is -2.25. The zero-order chi connectivity index (χ0) is 87.7. The maximum atomic E-state index is 12.7. The van der Waals surface area contributed by atoms with Crippen LogP contribution in [0.1, 0.15) is 197 Å². The summed E-state index contributed by atoms with van der Waals surface area (Å²) in [5.74, 6) is -11.2. The normalized spacial score (nSPS) is 11.7. The number of carbonyl (C=O) groups excluding carboxylic acids is 16. The van der Waals surface area contributed by atoms with Crippen LogP contribution in [0.2, 0.25) is 0 Å². The Kier molecular flexibility index (Phi) is 83.4. The Morgan fingerprint density at radius 2 is 0.704 bits per heavy atom. The quantitative estimate of drug-likeness (QED) is 0.00938. The largest absolute Gasteiger partial charge is 1.00 e. The van der Waals surface area contributed by atoms with E-state index in [0.717, 1.165) is 0 Å². The maximum Gasteiger partial charge on any atom is 0.519 e. The first-order valence-corrected chi connectivity index (χ1v) is 35.7. The molecule has 48 heteroatoms. The number of nitrogens with one attached hydrogen (secondary N) is 6. The lowest BCUT2D eigenvalue weighted by molar-refractivity contribution is -0.396. The van der Waals surface area contributed by atoms with E-state index in [1.165, 1.54) is 0 Å². The highest BCUT2D eigenvalue weighted by atomic mass is 79.9. The molecule has 0 saturated carbocycles. The van der Waals surface area contributed by atoms with E-state index < -0.39 is 185 Å². The van der Waals surface area contributed by atoms with Crippen LogP contribution in [-0.4, -0.2) is 256 Å². The SMILES string of the molecule is CC(C)(C)OC(=O)CCC(=O)O.CC(C)(C)OC(=O)OC(=O)OC(C)(C)C.CCCC(=O)[C@H](O)[C@@H](O)C(=O)NCC.CCCC(=O)[C@H](OC(=O)CNC(=O)OC(C)(C)C)[C@@H](OC(=O)CNC(=O)OC(C)(C)C)C(=O)NCC.CCCC(=O)[C@H](OC(=O)C[NH3+])[C@@H](OC(=O)CNCl)C(=O)NCC.N.O.O=C(O)CBr.[Br-].[Cl-].[NH3+]CC(=O)[O-].[NH4+]. The molecule has 0 heterocycles. The Labute approximate surface area is 700 Å². The molecular weight excluding hydrogens is 1720 g/mol. The number of rotatable bonds is 34. The third kappa shape index (κ3) is 86.4. The van der Waals surface area contributed by atoms with Crippen LogP contribution in [0.25, 0.3) is 0 Å². The zero-order valence-electron chi connectivity index (χ0n) is 69.7. The van der Waals surface area contributed by atoms with Gasteiger partial charge in [-0.2, -0.15) is 0 Å². The van der Waals surface area contributed by atoms with Gasteiger partial charge in [0.05, 0.1) is 18.8 Å². The van der Waals surface area contributed by atoms with Crippen LogP contribution >= 0.6 is 27.7 Å². The van der Waals surface area contributed by atoms with Crippen LogP contribution in [0.15, 0.2) is 0 Å². The summed E-state index contributed by atoms with van der Waals surface area (Å²) in [6.07, 6.45) is -12.5. The number of alkyl halides is 1. The van der Waals surface area contributed by atoms with Crippen LogP contribution < -0.4 is 89.7 Å². The summed E-state index contributed by atoms with van der Waals surface area (Å²) in [5.41, 5.74) is 2.84. The van der Waals surface area contributed by atoms with E-state index in [1.54, 1.807) is 145 Å². The minimum absolute atomic E-state index is 0. The number of esters is 5. The first-order valence-electron chi connectivity index (χ1n) is 34.2. The molecule has 0 saturated heterocycles. The van der Waals surface area contributed by atoms with Gasteiger partial charge in [0, 0.05) is 38.9 Å². The van der Waals surface area contributed by atoms with Crippen molar-refractivity contribution < 1.29 is 206 Å². The number of carboxylic acid groups (broad SMARTS) is 3. The van der Waals surface area contributed by atoms with Gasteiger partial charge in [0.25, 0.3) is 17.7 Å². The summed E-state index contributed by atoms with van der Waals surface area (Å²) in [4.78, 5) is 207. The molecular formula is C67H128Br2Cl2N10O34. The Bertz CT molecular complexity index is 2780. The number of aliphatic carboxylic acids is 3. The van der Waals surface area contributed by atoms with E-state index in [0.29, 0.717) is 25.8 Å². The highest BCUT2D eigenvalue weighted by molar-refractivity contribution is 9.09. The molecule has 5 amide bonds. The number of carboxylic acids is 3. The van der Waals surface area contributed by atoms with Crippen molar-refractivity contribution in [1.29, 1.82) is 0 Å². The van der Waals surface area contributed by atoms with Gasteiger partial charge < -0.3 is 163 Å². The number of hydrogen-bond donors (Lipinski definition) is 14. The van der Waals surface area contributed by atoms with Crippen molar-refractivity contribution in [3.63, 3.8) is 0 Å². The number of carbonyl (C=O) groups is 18. The van der Waals surface area contributed by atoms with Crippen molar-refractivity contribution >= 4 is 135 Å². The predicted octanol–water partition coefficient (Wildman–Crippen LogP) is -5.89. The van der Waals surface area contributed by atoms with Gasteiger partial charge in [0.15, 0.2) is 30.0 Å². The minimum Gasteiger partial charge on any atom is -1.00 e. The number of likely N-dealkylation sites (N-methyl/N-ethyl adjacent to an activating group) is 3. The van der Waals surface area contributed by atoms with E-state index in [4.69, 9.17) is 64.6 Å². The lowest BCUT2D eigenvalue weighted by atomic mass is 10.0. The molecule has 44 nitrogen and oxygen atoms in total. The standard InChI is InChI=1S/C23H39N3O10.C13H22ClN3O6.C10H18O5.C9H17NO4.C8H14O4.C2H3BrO2.C2H5NO2.BrH.ClH.2H3N.H2O/c1-9-11-14(27)17(33-15(28)12-25-20(31)35-22(3,4)5)18(19(30)24-10-2)34-16(29)13-26-21(32)36-23(6,7)8;1-3-5-8(18)11(22-9(19)6-15)12(13(21)16-4-2)23-10(20)7-17-14;1-9(2,3)14-7(11)13-8(12)15-10(4,5)6;1-3-5-6(11)7(12)8(13)9(14)10-4-2;1-8(2,3)12-7(11)5-4-6(9)10;2*3-1-2(4)5;;;;;/h17-18H,9-13H2,1-8H3,(H,24,30)(H,25,31)(H,26,32);11-12,17H,3-7,15H2,1-2H3,(H,16,21);1-6H3;7-8,12-13H,3-5H2,1-2H3,(H,10,14);4-5H2,1-3H3,(H,9,10);1H2,(H,4,5);1,3H2,(H,4,5);2*1H;2*1H3;1H2/t17-,18+;11-,12+;;7-,8+;;;;;;;;/m00.0......../s1. The van der Waals surface area contributed by atoms with Crippen molar-refractivity contribution in [3.05, 3.63) is 0 Å². The third-order valence-corrected chi connectivity index (χ3v) is 11.0. The second-order valence-corrected chi connectivity index (χ2v) is 27.6. The Morgan fingerprint density at radius 1 is 0.417 bits per heavy atom. The van der Waals surface area contributed by atoms with Crippen LogP contribution in [0.4, 0.5) is 19.2 Å². The molecule has 25 N–H and O–H groups in total. The molecule has 0 fully saturated rings. The van der Waals surface area contributed by atoms with Gasteiger partial charge in [0.2, 0.25) is 24.4 Å². The van der Waals surface area contributed by atoms with Gasteiger partial charge in [0.1, 0.15) is 65.6 Å². The van der Waals surface area contributed by atoms with E-state index in [9.17, 15) is 102 Å². The summed E-state index contributed by atoms with van der Waals surface area (Å²) in [6.45, 7) is 33.8. The molecule has 0 spiro atoms. The molecule has 0 aromatic heterocycles. The van der Waals surface area contributed by atoms with Crippen LogP contribution in [0.3, 0.4) is 0 Å². The molecule has 0 aliphatic rings. The first kappa shape index (κ1) is 133. The van der Waals surface area contributed by atoms with Crippen molar-refractivity contribution in [1.82, 2.24) is 43.7 Å². The molecule has 0 aromatic carbocycles. The summed E-state index contributed by atoms with van der Waals surface area (Å²) < 4.78 is 49.0. The summed E-state index contributed by atoms with van der Waals surface area (Å²) >= 11 is 7.92. The Morgan fingerprint density at radius 3 is 0.965 bits per heavy atom. The highest BCUT2D eigenvalue weighted by Crippen LogP contribution is 2.16. The predicted molar refractivity (Wildman–Crippen MR) is 402 cm³/mol. The topological polar surface area (TPSA) is 734 Å². The zero-order valence-corrected chi connectivity index (χ0v) is 74.4. The number of ether oxygens (including phenoxy) is 10. The molecule has 0 unspecified atom stereocenters. The first-order chi connectivity index (χ1) is 50.3. The van der Waals surface area contributed by atoms with Crippen LogP contribution in [-0.2, 0) is 114 Å². The van der Waals surface area contributed by atoms with Gasteiger partial charge in [-0.25, -0.2) is 28.8 Å². The van der Waals surface area contributed by atoms with E-state index in [-0.39, 0.29) is 117 Å². The number of halogens is 4. The van der Waals surface area contributed by atoms with Crippen molar-refractivity contribution in [2.24, 2.45) is 0 Å². The molecule has 115 heavy (non-hydrogen) atoms. The average Bonchev–Trinajstić information content (AvgIpc) is 0.828. The fourth-order valence-corrected chi connectivity index (χ4v) is 6.46. The monoisotopic (exact) mass is 1840 g/mol. The van der Waals surface area contributed by atoms with E-state index in [2.05, 4.69) is 63.6 Å². The van der Waals surface area contributed by atoms with Crippen LogP contribution in [0, 0.1) is 0 Å². The number of aliphatic hydroxyl groups excluding tert-OH is 2. The fraction of sp³-hybridized carbons (Fsp3) is 0.731. The molecule has 678 valence electrons. The van der Waals surface area contributed by atoms with Crippen molar-refractivity contribution in [2.75, 3.05) is 57.7 Å². The lowest BCUT2D eigenvalue weighted by Crippen LogP contribution is -3.00. The van der Waals surface area contributed by atoms with Crippen molar-refractivity contribution in [2.45, 2.75) is 261 Å². The minimum atomic E-state index is -1.83. The van der Waals surface area contributed by atoms with Gasteiger partial charge in [-0.3, -0.25) is 57.5 Å². The Balaban J connectivity index is -0.000000116. The van der Waals surface area contributed by atoms with Gasteiger partial charge in [-0.1, -0.05) is 36.7 Å². The maximum absolute atomic E-state index is 12.7. The van der Waals surface area contributed by atoms with Gasteiger partial charge >= 0.3 is 66.3 Å². The third-order valence-electron chi connectivity index (χ3n) is 10.4. The number of ketones is 3. The number of alkyl carbamates (subject to hydrolysis) is 2. The van der Waals surface area contributed by atoms with Crippen LogP contribution in [0.5, 0.6) is 0 Å². The highest BCUT2D eigenvalue weighted by Gasteiger charge is 2.41. The van der Waals surface area contributed by atoms with Gasteiger partial charge in [-0.05, 0) is 156 Å². The average molecular weight is 1850 g/mol. The van der Waals surface area contributed by atoms with E-state index in [1.807, 2.05) is 0 Å². The number of Topliss-reactive ketones (excluding diaryl/α,β-unsaturated/α-hetero) is 3. The van der Waals surface area contributed by atoms with Gasteiger partial charge in [-0.15, -0.1) is 0 Å². The molecule has 6 atom stereocenters.